The second-order valence-corrected chi connectivity index (χ2v) is 6.03. The van der Waals surface area contributed by atoms with Crippen molar-refractivity contribution in [2.45, 2.75) is 6.54 Å². The molecule has 1 amide bonds. The lowest BCUT2D eigenvalue weighted by atomic mass is 10.1. The molecule has 0 heterocycles. The van der Waals surface area contributed by atoms with E-state index in [-0.39, 0.29) is 12.5 Å². The van der Waals surface area contributed by atoms with Gasteiger partial charge in [0.25, 0.3) is 0 Å². The standard InChI is InChI=1S/C19H19Cl2NO4/c1-24-16-9-12(10-17(25-2)19(16)26-3)11-22-18(23)8-7-13-14(20)5-4-6-15(13)21/h4-10H,11H2,1-3H3,(H,22,23)/b8-7+. The van der Waals surface area contributed by atoms with E-state index in [2.05, 4.69) is 5.32 Å². The Hall–Kier alpha value is -2.37. The van der Waals surface area contributed by atoms with E-state index >= 15 is 0 Å². The van der Waals surface area contributed by atoms with Crippen LogP contribution in [0.2, 0.25) is 10.0 Å². The Bertz CT molecular complexity index is 776. The van der Waals surface area contributed by atoms with Gasteiger partial charge in [-0.1, -0.05) is 29.3 Å². The highest BCUT2D eigenvalue weighted by molar-refractivity contribution is 6.37. The average Bonchev–Trinajstić information content (AvgIpc) is 2.64. The molecular formula is C19H19Cl2NO4. The number of halogens is 2. The maximum absolute atomic E-state index is 12.1. The maximum atomic E-state index is 12.1. The Balaban J connectivity index is 2.09. The summed E-state index contributed by atoms with van der Waals surface area (Å²) in [5.41, 5.74) is 1.40. The number of carbonyl (C=O) groups excluding carboxylic acids is 1. The van der Waals surface area contributed by atoms with Crippen LogP contribution in [0.25, 0.3) is 6.08 Å². The number of nitrogens with one attached hydrogen (secondary N) is 1. The quantitative estimate of drug-likeness (QED) is 0.708. The van der Waals surface area contributed by atoms with Crippen molar-refractivity contribution in [1.82, 2.24) is 5.32 Å². The molecule has 2 aromatic carbocycles. The van der Waals surface area contributed by atoms with Crippen LogP contribution in [0.4, 0.5) is 0 Å². The average molecular weight is 396 g/mol. The lowest BCUT2D eigenvalue weighted by molar-refractivity contribution is -0.116. The van der Waals surface area contributed by atoms with Crippen LogP contribution >= 0.6 is 23.2 Å². The van der Waals surface area contributed by atoms with Crippen LogP contribution in [-0.4, -0.2) is 27.2 Å². The summed E-state index contributed by atoms with van der Waals surface area (Å²) in [5, 5.41) is 3.74. The Morgan fingerprint density at radius 3 is 2.12 bits per heavy atom. The van der Waals surface area contributed by atoms with Gasteiger partial charge in [0.2, 0.25) is 11.7 Å². The van der Waals surface area contributed by atoms with Gasteiger partial charge in [-0.25, -0.2) is 0 Å². The largest absolute Gasteiger partial charge is 0.493 e. The SMILES string of the molecule is COc1cc(CNC(=O)/C=C/c2c(Cl)cccc2Cl)cc(OC)c1OC. The summed E-state index contributed by atoms with van der Waals surface area (Å²) in [4.78, 5) is 12.1. The van der Waals surface area contributed by atoms with E-state index in [4.69, 9.17) is 37.4 Å². The summed E-state index contributed by atoms with van der Waals surface area (Å²) >= 11 is 12.1. The monoisotopic (exact) mass is 395 g/mol. The number of ether oxygens (including phenoxy) is 3. The number of carbonyl (C=O) groups is 1. The van der Waals surface area contributed by atoms with E-state index in [1.807, 2.05) is 0 Å². The first-order valence-corrected chi connectivity index (χ1v) is 8.44. The first-order chi connectivity index (χ1) is 12.5. The number of amides is 1. The zero-order chi connectivity index (χ0) is 19.1. The van der Waals surface area contributed by atoms with E-state index < -0.39 is 0 Å². The summed E-state index contributed by atoms with van der Waals surface area (Å²) < 4.78 is 15.9. The van der Waals surface area contributed by atoms with Crippen molar-refractivity contribution >= 4 is 35.2 Å². The van der Waals surface area contributed by atoms with Gasteiger partial charge < -0.3 is 19.5 Å². The molecule has 138 valence electrons. The molecule has 0 radical (unpaired) electrons. The predicted molar refractivity (Wildman–Crippen MR) is 103 cm³/mol. The summed E-state index contributed by atoms with van der Waals surface area (Å²) in [7, 11) is 4.61. The van der Waals surface area contributed by atoms with Crippen LogP contribution < -0.4 is 19.5 Å². The Labute approximate surface area is 162 Å². The van der Waals surface area contributed by atoms with Gasteiger partial charge in [0.1, 0.15) is 0 Å². The van der Waals surface area contributed by atoms with Crippen molar-refractivity contribution in [1.29, 1.82) is 0 Å². The van der Waals surface area contributed by atoms with Crippen molar-refractivity contribution in [3.8, 4) is 17.2 Å². The molecule has 0 aliphatic rings. The molecule has 7 heteroatoms. The second-order valence-electron chi connectivity index (χ2n) is 5.22. The lowest BCUT2D eigenvalue weighted by Gasteiger charge is -2.14. The molecule has 0 saturated heterocycles. The first kappa shape index (κ1) is 19.9. The predicted octanol–water partition coefficient (Wildman–Crippen LogP) is 4.35. The molecule has 0 unspecified atom stereocenters. The third kappa shape index (κ3) is 4.84. The molecule has 0 spiro atoms. The van der Waals surface area contributed by atoms with Crippen LogP contribution in [0.15, 0.2) is 36.4 Å². The fraction of sp³-hybridized carbons (Fsp3) is 0.211. The molecule has 5 nitrogen and oxygen atoms in total. The molecule has 0 atom stereocenters. The number of hydrogen-bond acceptors (Lipinski definition) is 4. The molecule has 2 aromatic rings. The van der Waals surface area contributed by atoms with E-state index in [1.54, 1.807) is 36.4 Å². The second kappa shape index (κ2) is 9.36. The van der Waals surface area contributed by atoms with Crippen molar-refractivity contribution in [2.24, 2.45) is 0 Å². The van der Waals surface area contributed by atoms with Crippen LogP contribution in [0.5, 0.6) is 17.2 Å². The van der Waals surface area contributed by atoms with Crippen LogP contribution in [0.1, 0.15) is 11.1 Å². The highest BCUT2D eigenvalue weighted by Crippen LogP contribution is 2.38. The maximum Gasteiger partial charge on any atom is 0.244 e. The number of methoxy groups -OCH3 is 3. The molecule has 0 saturated carbocycles. The third-order valence-corrected chi connectivity index (χ3v) is 4.25. The first-order valence-electron chi connectivity index (χ1n) is 7.69. The topological polar surface area (TPSA) is 56.8 Å². The summed E-state index contributed by atoms with van der Waals surface area (Å²) in [6, 6.07) is 8.71. The van der Waals surface area contributed by atoms with Gasteiger partial charge >= 0.3 is 0 Å². The minimum Gasteiger partial charge on any atom is -0.493 e. The van der Waals surface area contributed by atoms with Crippen molar-refractivity contribution < 1.29 is 19.0 Å². The Kier molecular flexibility index (Phi) is 7.18. The van der Waals surface area contributed by atoms with Gasteiger partial charge in [-0.3, -0.25) is 4.79 Å². The Morgan fingerprint density at radius 2 is 1.62 bits per heavy atom. The molecule has 0 bridgehead atoms. The molecule has 0 aliphatic carbocycles. The minimum atomic E-state index is -0.283. The van der Waals surface area contributed by atoms with Gasteiger partial charge in [0, 0.05) is 28.2 Å². The highest BCUT2D eigenvalue weighted by atomic mass is 35.5. The molecule has 26 heavy (non-hydrogen) atoms. The normalized spacial score (nSPS) is 10.7. The summed E-state index contributed by atoms with van der Waals surface area (Å²) in [6.07, 6.45) is 2.96. The molecule has 0 aromatic heterocycles. The number of hydrogen-bond donors (Lipinski definition) is 1. The minimum absolute atomic E-state index is 0.283. The van der Waals surface area contributed by atoms with Gasteiger partial charge in [0.05, 0.1) is 21.3 Å². The van der Waals surface area contributed by atoms with Crippen molar-refractivity contribution in [3.05, 3.63) is 57.6 Å². The van der Waals surface area contributed by atoms with Gasteiger partial charge in [-0.2, -0.15) is 0 Å². The van der Waals surface area contributed by atoms with Crippen LogP contribution in [-0.2, 0) is 11.3 Å². The molecular weight excluding hydrogens is 377 g/mol. The summed E-state index contributed by atoms with van der Waals surface area (Å²) in [5.74, 6) is 1.26. The van der Waals surface area contributed by atoms with Crippen LogP contribution in [0, 0.1) is 0 Å². The van der Waals surface area contributed by atoms with Gasteiger partial charge in [0.15, 0.2) is 11.5 Å². The fourth-order valence-corrected chi connectivity index (χ4v) is 2.84. The van der Waals surface area contributed by atoms with Gasteiger partial charge in [-0.05, 0) is 35.9 Å². The van der Waals surface area contributed by atoms with Crippen LogP contribution in [0.3, 0.4) is 0 Å². The van der Waals surface area contributed by atoms with E-state index in [0.717, 1.165) is 5.56 Å². The highest BCUT2D eigenvalue weighted by Gasteiger charge is 2.13. The van der Waals surface area contributed by atoms with Gasteiger partial charge in [-0.15, -0.1) is 0 Å². The molecule has 1 N–H and O–H groups in total. The Morgan fingerprint density at radius 1 is 1.04 bits per heavy atom. The summed E-state index contributed by atoms with van der Waals surface area (Å²) in [6.45, 7) is 0.288. The van der Waals surface area contributed by atoms with E-state index in [1.165, 1.54) is 27.4 Å². The molecule has 2 rings (SSSR count). The van der Waals surface area contributed by atoms with Crippen molar-refractivity contribution in [3.63, 3.8) is 0 Å². The molecule has 0 fully saturated rings. The smallest absolute Gasteiger partial charge is 0.244 e. The van der Waals surface area contributed by atoms with Crippen molar-refractivity contribution in [2.75, 3.05) is 21.3 Å². The lowest BCUT2D eigenvalue weighted by Crippen LogP contribution is -2.20. The van der Waals surface area contributed by atoms with E-state index in [9.17, 15) is 4.79 Å². The third-order valence-electron chi connectivity index (χ3n) is 3.59. The zero-order valence-corrected chi connectivity index (χ0v) is 16.1. The number of rotatable bonds is 7. The number of benzene rings is 2. The van der Waals surface area contributed by atoms with E-state index in [0.29, 0.717) is 32.9 Å². The zero-order valence-electron chi connectivity index (χ0n) is 14.6. The molecule has 0 aliphatic heterocycles. The fourth-order valence-electron chi connectivity index (χ4n) is 2.31.